The number of nitrogens with zero attached hydrogens (tertiary/aromatic N) is 1. The zero-order chi connectivity index (χ0) is 11.5. The molecule has 2 radical (unpaired) electrons. The van der Waals surface area contributed by atoms with Gasteiger partial charge in [-0.2, -0.15) is 0 Å². The highest BCUT2D eigenvalue weighted by Crippen LogP contribution is 2.21. The Bertz CT molecular complexity index is 498. The largest absolute Gasteiger partial charge is 0.586 e. The number of methoxy groups -OCH3 is 1. The lowest BCUT2D eigenvalue weighted by Gasteiger charge is -2.04. The van der Waals surface area contributed by atoms with Gasteiger partial charge in [0, 0.05) is 18.3 Å². The highest BCUT2D eigenvalue weighted by Gasteiger charge is 2.25. The molecule has 0 saturated heterocycles. The summed E-state index contributed by atoms with van der Waals surface area (Å²) in [7, 11) is 7.06. The summed E-state index contributed by atoms with van der Waals surface area (Å²) in [6.07, 6.45) is 6.93. The quantitative estimate of drug-likeness (QED) is 0.445. The van der Waals surface area contributed by atoms with Gasteiger partial charge in [0.05, 0.1) is 12.8 Å². The maximum absolute atomic E-state index is 11.7. The molecule has 0 atom stereocenters. The van der Waals surface area contributed by atoms with Crippen molar-refractivity contribution in [3.05, 3.63) is 41.9 Å². The number of hydrogen-bond donors (Lipinski definition) is 1. The predicted molar refractivity (Wildman–Crippen MR) is 60.9 cm³/mol. The average molecular weight is 213 g/mol. The van der Waals surface area contributed by atoms with Crippen molar-refractivity contribution < 1.29 is 14.0 Å². The molecule has 0 aromatic carbocycles. The number of rotatable bonds is 2. The van der Waals surface area contributed by atoms with Gasteiger partial charge in [0.2, 0.25) is 0 Å². The first-order valence-corrected chi connectivity index (χ1v) is 4.76. The van der Waals surface area contributed by atoms with Crippen molar-refractivity contribution in [1.82, 2.24) is 4.98 Å². The summed E-state index contributed by atoms with van der Waals surface area (Å²) in [5, 5.41) is 0. The number of esters is 1. The molecule has 16 heavy (non-hydrogen) atoms. The highest BCUT2D eigenvalue weighted by molar-refractivity contribution is 6.18. The SMILES string of the molecule is [B][N+]1=CC=C/C1=C(\C(=O)OC)c1ccc[nH]1. The van der Waals surface area contributed by atoms with Crippen LogP contribution in [-0.4, -0.2) is 36.7 Å². The standard InChI is InChI=1S/C11H10BN2O2/c1-16-11(15)10(8-4-2-6-13-8)9-5-3-7-14(9)12/h2-7,13H,1H3/q+1. The third kappa shape index (κ3) is 1.71. The summed E-state index contributed by atoms with van der Waals surface area (Å²) in [5.41, 5.74) is 1.70. The van der Waals surface area contributed by atoms with Crippen molar-refractivity contribution in [3.63, 3.8) is 0 Å². The first-order chi connectivity index (χ1) is 7.74. The molecular formula is C11H10BN2O2+. The second kappa shape index (κ2) is 4.22. The third-order valence-corrected chi connectivity index (χ3v) is 2.29. The Kier molecular flexibility index (Phi) is 2.77. The van der Waals surface area contributed by atoms with E-state index in [1.165, 1.54) is 11.6 Å². The van der Waals surface area contributed by atoms with Crippen molar-refractivity contribution >= 4 is 25.7 Å². The van der Waals surface area contributed by atoms with Gasteiger partial charge in [0.15, 0.2) is 11.3 Å². The van der Waals surface area contributed by atoms with Crippen LogP contribution < -0.4 is 0 Å². The number of ether oxygens (including phenoxy) is 1. The third-order valence-electron chi connectivity index (χ3n) is 2.29. The van der Waals surface area contributed by atoms with E-state index in [4.69, 9.17) is 12.7 Å². The first-order valence-electron chi connectivity index (χ1n) is 4.76. The Labute approximate surface area is 94.4 Å². The number of hydrogen-bond acceptors (Lipinski definition) is 2. The number of allylic oxidation sites excluding steroid dienone is 2. The van der Waals surface area contributed by atoms with E-state index in [1.54, 1.807) is 30.6 Å². The Hall–Kier alpha value is -2.04. The Morgan fingerprint density at radius 1 is 1.56 bits per heavy atom. The van der Waals surface area contributed by atoms with Crippen LogP contribution >= 0.6 is 0 Å². The van der Waals surface area contributed by atoms with E-state index in [0.717, 1.165) is 0 Å². The van der Waals surface area contributed by atoms with Crippen LogP contribution in [0.4, 0.5) is 0 Å². The smallest absolute Gasteiger partial charge is 0.465 e. The van der Waals surface area contributed by atoms with Crippen LogP contribution in [0.15, 0.2) is 36.2 Å². The van der Waals surface area contributed by atoms with Gasteiger partial charge >= 0.3 is 14.0 Å². The fourth-order valence-corrected chi connectivity index (χ4v) is 1.55. The van der Waals surface area contributed by atoms with Crippen molar-refractivity contribution in [2.45, 2.75) is 0 Å². The molecule has 1 aliphatic rings. The maximum Gasteiger partial charge on any atom is 0.586 e. The summed E-state index contributed by atoms with van der Waals surface area (Å²) >= 11 is 0. The fraction of sp³-hybridized carbons (Fsp3) is 0.0909. The molecular weight excluding hydrogens is 203 g/mol. The lowest BCUT2D eigenvalue weighted by molar-refractivity contribution is -0.293. The first kappa shape index (κ1) is 10.5. The summed E-state index contributed by atoms with van der Waals surface area (Å²) in [6.45, 7) is 0. The van der Waals surface area contributed by atoms with Crippen LogP contribution in [0, 0.1) is 0 Å². The van der Waals surface area contributed by atoms with Crippen LogP contribution in [0.3, 0.4) is 0 Å². The van der Waals surface area contributed by atoms with Crippen LogP contribution in [0.5, 0.6) is 0 Å². The molecule has 1 aromatic heterocycles. The topological polar surface area (TPSA) is 45.1 Å². The molecule has 1 aliphatic heterocycles. The molecule has 0 aliphatic carbocycles. The minimum atomic E-state index is -0.423. The normalized spacial score (nSPS) is 17.2. The number of carbonyl (C=O) groups is 1. The fourth-order valence-electron chi connectivity index (χ4n) is 1.55. The molecule has 0 saturated carbocycles. The zero-order valence-electron chi connectivity index (χ0n) is 8.81. The molecule has 0 fully saturated rings. The van der Waals surface area contributed by atoms with Crippen molar-refractivity contribution in [2.75, 3.05) is 7.11 Å². The van der Waals surface area contributed by atoms with Crippen LogP contribution in [-0.2, 0) is 9.53 Å². The molecule has 0 amide bonds. The molecule has 1 N–H and O–H groups in total. The summed E-state index contributed by atoms with van der Waals surface area (Å²) in [4.78, 5) is 14.7. The van der Waals surface area contributed by atoms with Crippen molar-refractivity contribution in [3.8, 4) is 0 Å². The Morgan fingerprint density at radius 2 is 2.38 bits per heavy atom. The van der Waals surface area contributed by atoms with E-state index < -0.39 is 5.97 Å². The van der Waals surface area contributed by atoms with Gasteiger partial charge in [0.1, 0.15) is 6.21 Å². The van der Waals surface area contributed by atoms with Gasteiger partial charge in [-0.3, -0.25) is 4.49 Å². The summed E-state index contributed by atoms with van der Waals surface area (Å²) in [6, 6.07) is 3.60. The van der Waals surface area contributed by atoms with Gasteiger partial charge in [-0.15, -0.1) is 0 Å². The monoisotopic (exact) mass is 213 g/mol. The number of carbonyl (C=O) groups excluding carboxylic acids is 1. The Balaban J connectivity index is 2.56. The van der Waals surface area contributed by atoms with Crippen LogP contribution in [0.2, 0.25) is 0 Å². The minimum absolute atomic E-state index is 0.417. The number of H-pyrrole nitrogens is 1. The van der Waals surface area contributed by atoms with Gasteiger partial charge < -0.3 is 9.72 Å². The predicted octanol–water partition coefficient (Wildman–Crippen LogP) is 0.635. The van der Waals surface area contributed by atoms with E-state index in [9.17, 15) is 4.79 Å². The summed E-state index contributed by atoms with van der Waals surface area (Å²) in [5.74, 6) is -0.423. The average Bonchev–Trinajstić information content (AvgIpc) is 2.92. The highest BCUT2D eigenvalue weighted by atomic mass is 16.5. The van der Waals surface area contributed by atoms with Gasteiger partial charge in [-0.25, -0.2) is 4.79 Å². The van der Waals surface area contributed by atoms with Crippen molar-refractivity contribution in [1.29, 1.82) is 0 Å². The Morgan fingerprint density at radius 3 is 2.88 bits per heavy atom. The molecule has 0 spiro atoms. The van der Waals surface area contributed by atoms with Gasteiger partial charge in [-0.05, 0) is 12.1 Å². The molecule has 0 unspecified atom stereocenters. The minimum Gasteiger partial charge on any atom is -0.465 e. The molecule has 0 bridgehead atoms. The lowest BCUT2D eigenvalue weighted by atomic mass is 10.1. The molecule has 2 rings (SSSR count). The molecule has 2 heterocycles. The van der Waals surface area contributed by atoms with E-state index in [2.05, 4.69) is 4.98 Å². The summed E-state index contributed by atoms with van der Waals surface area (Å²) < 4.78 is 6.13. The molecule has 78 valence electrons. The molecule has 5 heteroatoms. The second-order valence-electron chi connectivity index (χ2n) is 3.25. The number of aromatic amines is 1. The van der Waals surface area contributed by atoms with Crippen LogP contribution in [0.25, 0.3) is 5.57 Å². The van der Waals surface area contributed by atoms with Gasteiger partial charge in [0.25, 0.3) is 0 Å². The van der Waals surface area contributed by atoms with E-state index in [1.807, 2.05) is 6.07 Å². The number of nitrogens with one attached hydrogen (secondary N) is 1. The van der Waals surface area contributed by atoms with E-state index >= 15 is 0 Å². The van der Waals surface area contributed by atoms with E-state index in [0.29, 0.717) is 17.0 Å². The van der Waals surface area contributed by atoms with Crippen LogP contribution in [0.1, 0.15) is 5.69 Å². The number of aromatic nitrogens is 1. The van der Waals surface area contributed by atoms with Crippen molar-refractivity contribution in [2.24, 2.45) is 0 Å². The molecule has 1 aromatic rings. The van der Waals surface area contributed by atoms with Gasteiger partial charge in [-0.1, -0.05) is 0 Å². The second-order valence-corrected chi connectivity index (χ2v) is 3.25. The maximum atomic E-state index is 11.7. The zero-order valence-corrected chi connectivity index (χ0v) is 8.81. The lowest BCUT2D eigenvalue weighted by Crippen LogP contribution is -2.12. The molecule has 4 nitrogen and oxygen atoms in total. The van der Waals surface area contributed by atoms with E-state index in [-0.39, 0.29) is 0 Å².